The summed E-state index contributed by atoms with van der Waals surface area (Å²) in [5.74, 6) is 1.79. The molecule has 1 rings (SSSR count). The van der Waals surface area contributed by atoms with E-state index in [4.69, 9.17) is 5.73 Å². The molecule has 17 heavy (non-hydrogen) atoms. The predicted molar refractivity (Wildman–Crippen MR) is 72.7 cm³/mol. The molecule has 0 aromatic heterocycles. The summed E-state index contributed by atoms with van der Waals surface area (Å²) in [5, 5.41) is 0. The van der Waals surface area contributed by atoms with E-state index in [-0.39, 0.29) is 0 Å². The maximum absolute atomic E-state index is 11.7. The molecule has 1 saturated carbocycles. The topological polar surface area (TPSA) is 60.2 Å². The summed E-state index contributed by atoms with van der Waals surface area (Å²) in [6, 6.07) is 0. The predicted octanol–water partition coefficient (Wildman–Crippen LogP) is 2.36. The second-order valence-electron chi connectivity index (χ2n) is 5.33. The van der Waals surface area contributed by atoms with Crippen molar-refractivity contribution in [2.45, 2.75) is 51.9 Å². The van der Waals surface area contributed by atoms with E-state index in [9.17, 15) is 8.42 Å². The summed E-state index contributed by atoms with van der Waals surface area (Å²) in [7, 11) is -2.82. The fraction of sp³-hybridized carbons (Fsp3) is 1.00. The Morgan fingerprint density at radius 3 is 2.29 bits per heavy atom. The molecule has 1 fully saturated rings. The Labute approximate surface area is 106 Å². The fourth-order valence-corrected chi connectivity index (χ4v) is 4.38. The van der Waals surface area contributed by atoms with Gasteiger partial charge in [-0.25, -0.2) is 8.42 Å². The van der Waals surface area contributed by atoms with Gasteiger partial charge in [-0.1, -0.05) is 32.6 Å². The molecule has 0 aliphatic heterocycles. The van der Waals surface area contributed by atoms with Crippen LogP contribution in [0.15, 0.2) is 0 Å². The first kappa shape index (κ1) is 15.0. The molecule has 0 aromatic rings. The lowest BCUT2D eigenvalue weighted by Gasteiger charge is -2.23. The molecule has 2 unspecified atom stereocenters. The molecule has 2 atom stereocenters. The second kappa shape index (κ2) is 7.37. The van der Waals surface area contributed by atoms with Crippen LogP contribution < -0.4 is 5.73 Å². The van der Waals surface area contributed by atoms with Crippen molar-refractivity contribution in [3.63, 3.8) is 0 Å². The Bertz CT molecular complexity index is 301. The quantitative estimate of drug-likeness (QED) is 0.747. The number of hydrogen-bond acceptors (Lipinski definition) is 3. The highest BCUT2D eigenvalue weighted by atomic mass is 32.2. The molecule has 0 bridgehead atoms. The van der Waals surface area contributed by atoms with Crippen LogP contribution in [0.1, 0.15) is 51.9 Å². The monoisotopic (exact) mass is 261 g/mol. The van der Waals surface area contributed by atoms with Crippen molar-refractivity contribution in [1.29, 1.82) is 0 Å². The highest BCUT2D eigenvalue weighted by Gasteiger charge is 2.24. The lowest BCUT2D eigenvalue weighted by molar-refractivity contribution is 0.312. The standard InChI is InChI=1S/C13H27NO2S/c1-2-9-17(15,16)10-8-12-6-4-3-5-7-13(12)11-14/h12-13H,2-11,14H2,1H3. The van der Waals surface area contributed by atoms with Crippen LogP contribution >= 0.6 is 0 Å². The van der Waals surface area contributed by atoms with Gasteiger partial charge in [0.05, 0.1) is 5.75 Å². The third-order valence-corrected chi connectivity index (χ3v) is 5.82. The van der Waals surface area contributed by atoms with Crippen LogP contribution in [0.3, 0.4) is 0 Å². The summed E-state index contributed by atoms with van der Waals surface area (Å²) in [5.41, 5.74) is 5.81. The van der Waals surface area contributed by atoms with E-state index in [1.807, 2.05) is 6.92 Å². The molecule has 0 heterocycles. The Morgan fingerprint density at radius 2 is 1.71 bits per heavy atom. The maximum atomic E-state index is 11.7. The maximum Gasteiger partial charge on any atom is 0.150 e. The van der Waals surface area contributed by atoms with E-state index >= 15 is 0 Å². The molecular formula is C13H27NO2S. The van der Waals surface area contributed by atoms with Crippen LogP contribution in [0.5, 0.6) is 0 Å². The van der Waals surface area contributed by atoms with Gasteiger partial charge in [0.2, 0.25) is 0 Å². The lowest BCUT2D eigenvalue weighted by Crippen LogP contribution is -2.25. The van der Waals surface area contributed by atoms with E-state index in [2.05, 4.69) is 0 Å². The van der Waals surface area contributed by atoms with Crippen molar-refractivity contribution in [2.24, 2.45) is 17.6 Å². The summed E-state index contributed by atoms with van der Waals surface area (Å²) in [6.45, 7) is 2.64. The van der Waals surface area contributed by atoms with Gasteiger partial charge < -0.3 is 5.73 Å². The Hall–Kier alpha value is -0.0900. The van der Waals surface area contributed by atoms with Gasteiger partial charge in [-0.05, 0) is 37.6 Å². The largest absolute Gasteiger partial charge is 0.330 e. The molecular weight excluding hydrogens is 234 g/mol. The van der Waals surface area contributed by atoms with Crippen molar-refractivity contribution in [1.82, 2.24) is 0 Å². The van der Waals surface area contributed by atoms with Crippen molar-refractivity contribution in [3.05, 3.63) is 0 Å². The number of sulfone groups is 1. The minimum Gasteiger partial charge on any atom is -0.330 e. The van der Waals surface area contributed by atoms with Crippen molar-refractivity contribution in [3.8, 4) is 0 Å². The van der Waals surface area contributed by atoms with E-state index in [0.717, 1.165) is 19.4 Å². The van der Waals surface area contributed by atoms with Gasteiger partial charge in [-0.3, -0.25) is 0 Å². The molecule has 2 N–H and O–H groups in total. The van der Waals surface area contributed by atoms with Crippen LogP contribution in [0, 0.1) is 11.8 Å². The molecule has 0 aromatic carbocycles. The third kappa shape index (κ3) is 5.38. The average Bonchev–Trinajstić information content (AvgIpc) is 2.51. The van der Waals surface area contributed by atoms with Crippen LogP contribution in [0.4, 0.5) is 0 Å². The van der Waals surface area contributed by atoms with Crippen LogP contribution in [0.25, 0.3) is 0 Å². The summed E-state index contributed by atoms with van der Waals surface area (Å²) >= 11 is 0. The number of nitrogens with two attached hydrogens (primary N) is 1. The summed E-state index contributed by atoms with van der Waals surface area (Å²) in [6.07, 6.45) is 7.71. The third-order valence-electron chi connectivity index (χ3n) is 3.93. The van der Waals surface area contributed by atoms with Gasteiger partial charge in [0.15, 0.2) is 0 Å². The molecule has 102 valence electrons. The van der Waals surface area contributed by atoms with Gasteiger partial charge in [0.25, 0.3) is 0 Å². The molecule has 1 aliphatic rings. The van der Waals surface area contributed by atoms with Gasteiger partial charge in [-0.2, -0.15) is 0 Å². The highest BCUT2D eigenvalue weighted by molar-refractivity contribution is 7.91. The minimum atomic E-state index is -2.82. The summed E-state index contributed by atoms with van der Waals surface area (Å²) in [4.78, 5) is 0. The molecule has 3 nitrogen and oxygen atoms in total. The average molecular weight is 261 g/mol. The first-order valence-corrected chi connectivity index (χ1v) is 8.81. The van der Waals surface area contributed by atoms with Gasteiger partial charge in [0.1, 0.15) is 9.84 Å². The number of hydrogen-bond donors (Lipinski definition) is 1. The van der Waals surface area contributed by atoms with Crippen LogP contribution in [-0.4, -0.2) is 26.5 Å². The van der Waals surface area contributed by atoms with Crippen LogP contribution in [-0.2, 0) is 9.84 Å². The smallest absolute Gasteiger partial charge is 0.150 e. The lowest BCUT2D eigenvalue weighted by atomic mass is 9.86. The SMILES string of the molecule is CCCS(=O)(=O)CCC1CCCCCC1CN. The molecule has 0 radical (unpaired) electrons. The highest BCUT2D eigenvalue weighted by Crippen LogP contribution is 2.30. The van der Waals surface area contributed by atoms with Crippen molar-refractivity contribution in [2.75, 3.05) is 18.1 Å². The molecule has 0 amide bonds. The molecule has 4 heteroatoms. The van der Waals surface area contributed by atoms with Crippen LogP contribution in [0.2, 0.25) is 0 Å². The molecule has 0 spiro atoms. The van der Waals surface area contributed by atoms with Crippen molar-refractivity contribution < 1.29 is 8.42 Å². The van der Waals surface area contributed by atoms with Gasteiger partial charge in [0, 0.05) is 5.75 Å². The van der Waals surface area contributed by atoms with E-state index < -0.39 is 9.84 Å². The normalized spacial score (nSPS) is 26.7. The second-order valence-corrected chi connectivity index (χ2v) is 7.64. The van der Waals surface area contributed by atoms with Gasteiger partial charge in [-0.15, -0.1) is 0 Å². The fourth-order valence-electron chi connectivity index (χ4n) is 2.90. The van der Waals surface area contributed by atoms with E-state index in [0.29, 0.717) is 23.3 Å². The van der Waals surface area contributed by atoms with Gasteiger partial charge >= 0.3 is 0 Å². The van der Waals surface area contributed by atoms with Crippen molar-refractivity contribution >= 4 is 9.84 Å². The zero-order valence-corrected chi connectivity index (χ0v) is 11.8. The molecule has 0 saturated heterocycles. The zero-order valence-electron chi connectivity index (χ0n) is 11.0. The Morgan fingerprint density at radius 1 is 1.06 bits per heavy atom. The summed E-state index contributed by atoms with van der Waals surface area (Å²) < 4.78 is 23.4. The van der Waals surface area contributed by atoms with E-state index in [1.54, 1.807) is 0 Å². The Balaban J connectivity index is 2.47. The van der Waals surface area contributed by atoms with E-state index in [1.165, 1.54) is 32.1 Å². The minimum absolute atomic E-state index is 0.340. The molecule has 1 aliphatic carbocycles. The zero-order chi connectivity index (χ0) is 12.7. The first-order chi connectivity index (χ1) is 8.09. The Kier molecular flexibility index (Phi) is 6.49. The first-order valence-electron chi connectivity index (χ1n) is 6.99. The number of rotatable bonds is 6.